The maximum absolute atomic E-state index is 11.6. The highest BCUT2D eigenvalue weighted by Crippen LogP contribution is 2.15. The monoisotopic (exact) mass is 283 g/mol. The Morgan fingerprint density at radius 3 is 2.47 bits per heavy atom. The van der Waals surface area contributed by atoms with Crippen LogP contribution >= 0.6 is 0 Å². The van der Waals surface area contributed by atoms with Crippen molar-refractivity contribution in [1.29, 1.82) is 0 Å². The summed E-state index contributed by atoms with van der Waals surface area (Å²) in [7, 11) is -3.12. The van der Waals surface area contributed by atoms with Crippen molar-refractivity contribution >= 4 is 15.5 Å². The Morgan fingerprint density at radius 1 is 1.32 bits per heavy atom. The summed E-state index contributed by atoms with van der Waals surface area (Å²) >= 11 is 0. The van der Waals surface area contributed by atoms with Gasteiger partial charge in [-0.3, -0.25) is 0 Å². The molecule has 1 aromatic rings. The van der Waals surface area contributed by atoms with Crippen LogP contribution in [0.15, 0.2) is 41.3 Å². The van der Waals surface area contributed by atoms with Crippen molar-refractivity contribution in [3.63, 3.8) is 0 Å². The maximum atomic E-state index is 11.6. The quantitative estimate of drug-likeness (QED) is 0.588. The van der Waals surface area contributed by atoms with Gasteiger partial charge in [0.05, 0.1) is 23.9 Å². The van der Waals surface area contributed by atoms with Gasteiger partial charge in [0.1, 0.15) is 0 Å². The van der Waals surface area contributed by atoms with Gasteiger partial charge in [0.15, 0.2) is 9.84 Å². The SMILES string of the molecule is C=C(C)COCCNc1ccc(S(=O)(=O)CC)cc1. The lowest BCUT2D eigenvalue weighted by Gasteiger charge is -2.08. The van der Waals surface area contributed by atoms with Crippen molar-refractivity contribution in [1.82, 2.24) is 0 Å². The lowest BCUT2D eigenvalue weighted by atomic mass is 10.3. The smallest absolute Gasteiger partial charge is 0.178 e. The van der Waals surface area contributed by atoms with Gasteiger partial charge < -0.3 is 10.1 Å². The predicted molar refractivity (Wildman–Crippen MR) is 78.3 cm³/mol. The average Bonchev–Trinajstić information content (AvgIpc) is 2.38. The Labute approximate surface area is 115 Å². The van der Waals surface area contributed by atoms with Gasteiger partial charge in [0, 0.05) is 12.2 Å². The molecule has 5 heteroatoms. The predicted octanol–water partition coefficient (Wildman–Crippen LogP) is 2.48. The summed E-state index contributed by atoms with van der Waals surface area (Å²) in [5, 5.41) is 3.17. The molecule has 0 unspecified atom stereocenters. The highest BCUT2D eigenvalue weighted by molar-refractivity contribution is 7.91. The van der Waals surface area contributed by atoms with Crippen molar-refractivity contribution in [2.24, 2.45) is 0 Å². The largest absolute Gasteiger partial charge is 0.383 e. The van der Waals surface area contributed by atoms with E-state index in [0.717, 1.165) is 11.3 Å². The van der Waals surface area contributed by atoms with Crippen molar-refractivity contribution in [2.75, 3.05) is 30.8 Å². The molecule has 1 N–H and O–H groups in total. The summed E-state index contributed by atoms with van der Waals surface area (Å²) in [6, 6.07) is 6.77. The molecule has 1 aromatic carbocycles. The molecule has 0 saturated carbocycles. The third kappa shape index (κ3) is 5.44. The first kappa shape index (κ1) is 15.7. The third-order valence-corrected chi connectivity index (χ3v) is 4.27. The van der Waals surface area contributed by atoms with Crippen molar-refractivity contribution < 1.29 is 13.2 Å². The zero-order valence-electron chi connectivity index (χ0n) is 11.5. The fraction of sp³-hybridized carbons (Fsp3) is 0.429. The van der Waals surface area contributed by atoms with Crippen LogP contribution in [0.2, 0.25) is 0 Å². The number of benzene rings is 1. The highest BCUT2D eigenvalue weighted by Gasteiger charge is 2.10. The summed E-state index contributed by atoms with van der Waals surface area (Å²) in [6.07, 6.45) is 0. The molecular formula is C14H21NO3S. The molecule has 0 radical (unpaired) electrons. The first-order chi connectivity index (χ1) is 8.95. The van der Waals surface area contributed by atoms with E-state index in [1.54, 1.807) is 31.2 Å². The van der Waals surface area contributed by atoms with Crippen LogP contribution < -0.4 is 5.32 Å². The lowest BCUT2D eigenvalue weighted by molar-refractivity contribution is 0.167. The van der Waals surface area contributed by atoms with Gasteiger partial charge >= 0.3 is 0 Å². The first-order valence-corrected chi connectivity index (χ1v) is 7.89. The fourth-order valence-corrected chi connectivity index (χ4v) is 2.34. The topological polar surface area (TPSA) is 55.4 Å². The summed E-state index contributed by atoms with van der Waals surface area (Å²) in [5.41, 5.74) is 1.88. The number of sulfone groups is 1. The number of hydrogen-bond donors (Lipinski definition) is 1. The second kappa shape index (κ2) is 7.31. The van der Waals surface area contributed by atoms with E-state index in [-0.39, 0.29) is 5.75 Å². The van der Waals surface area contributed by atoms with Gasteiger partial charge in [-0.1, -0.05) is 19.1 Å². The molecule has 106 valence electrons. The number of anilines is 1. The van der Waals surface area contributed by atoms with E-state index < -0.39 is 9.84 Å². The molecule has 0 atom stereocenters. The summed E-state index contributed by atoms with van der Waals surface area (Å²) in [6.45, 7) is 9.13. The molecule has 0 amide bonds. The highest BCUT2D eigenvalue weighted by atomic mass is 32.2. The van der Waals surface area contributed by atoms with Crippen LogP contribution in [0.1, 0.15) is 13.8 Å². The van der Waals surface area contributed by atoms with Crippen LogP contribution in [-0.2, 0) is 14.6 Å². The zero-order valence-corrected chi connectivity index (χ0v) is 12.3. The standard InChI is InChI=1S/C14H21NO3S/c1-4-19(16,17)14-7-5-13(6-8-14)15-9-10-18-11-12(2)3/h5-8,15H,2,4,9-11H2,1,3H3. The van der Waals surface area contributed by atoms with E-state index in [1.807, 2.05) is 6.92 Å². The Morgan fingerprint density at radius 2 is 1.95 bits per heavy atom. The Balaban J connectivity index is 2.43. The lowest BCUT2D eigenvalue weighted by Crippen LogP contribution is -2.10. The molecule has 0 aliphatic carbocycles. The van der Waals surface area contributed by atoms with Crippen LogP contribution in [0.25, 0.3) is 0 Å². The summed E-state index contributed by atoms with van der Waals surface area (Å²) in [5.74, 6) is 0.120. The van der Waals surface area contributed by atoms with Crippen LogP contribution in [0.3, 0.4) is 0 Å². The second-order valence-corrected chi connectivity index (χ2v) is 6.64. The Bertz CT molecular complexity index is 506. The molecule has 0 heterocycles. The summed E-state index contributed by atoms with van der Waals surface area (Å²) in [4.78, 5) is 0.360. The third-order valence-electron chi connectivity index (χ3n) is 2.52. The minimum atomic E-state index is -3.12. The Hall–Kier alpha value is -1.33. The van der Waals surface area contributed by atoms with Crippen molar-refractivity contribution in [2.45, 2.75) is 18.7 Å². The molecular weight excluding hydrogens is 262 g/mol. The minimum Gasteiger partial charge on any atom is -0.383 e. The normalized spacial score (nSPS) is 11.3. The molecule has 0 aliphatic heterocycles. The average molecular weight is 283 g/mol. The molecule has 0 aliphatic rings. The molecule has 0 aromatic heterocycles. The van der Waals surface area contributed by atoms with Gasteiger partial charge in [0.2, 0.25) is 0 Å². The van der Waals surface area contributed by atoms with E-state index in [4.69, 9.17) is 4.74 Å². The van der Waals surface area contributed by atoms with Crippen LogP contribution in [0, 0.1) is 0 Å². The van der Waals surface area contributed by atoms with E-state index in [1.165, 1.54) is 0 Å². The molecule has 0 spiro atoms. The Kier molecular flexibility index (Phi) is 6.05. The van der Waals surface area contributed by atoms with Crippen molar-refractivity contribution in [3.05, 3.63) is 36.4 Å². The molecule has 19 heavy (non-hydrogen) atoms. The van der Waals surface area contributed by atoms with Gasteiger partial charge in [-0.2, -0.15) is 0 Å². The molecule has 4 nitrogen and oxygen atoms in total. The van der Waals surface area contributed by atoms with Gasteiger partial charge in [0.25, 0.3) is 0 Å². The summed E-state index contributed by atoms with van der Waals surface area (Å²) < 4.78 is 28.6. The number of ether oxygens (including phenoxy) is 1. The fourth-order valence-electron chi connectivity index (χ4n) is 1.46. The second-order valence-electron chi connectivity index (χ2n) is 4.36. The van der Waals surface area contributed by atoms with E-state index in [0.29, 0.717) is 24.7 Å². The minimum absolute atomic E-state index is 0.120. The van der Waals surface area contributed by atoms with Crippen molar-refractivity contribution in [3.8, 4) is 0 Å². The first-order valence-electron chi connectivity index (χ1n) is 6.24. The van der Waals surface area contributed by atoms with E-state index in [2.05, 4.69) is 11.9 Å². The number of rotatable bonds is 8. The molecule has 0 bridgehead atoms. The molecule has 0 fully saturated rings. The van der Waals surface area contributed by atoms with Crippen LogP contribution in [0.4, 0.5) is 5.69 Å². The van der Waals surface area contributed by atoms with Gasteiger partial charge in [-0.15, -0.1) is 0 Å². The maximum Gasteiger partial charge on any atom is 0.178 e. The van der Waals surface area contributed by atoms with Crippen LogP contribution in [-0.4, -0.2) is 33.9 Å². The van der Waals surface area contributed by atoms with Gasteiger partial charge in [-0.05, 0) is 31.2 Å². The van der Waals surface area contributed by atoms with E-state index in [9.17, 15) is 8.42 Å². The zero-order chi connectivity index (χ0) is 14.3. The number of nitrogens with one attached hydrogen (secondary N) is 1. The number of hydrogen-bond acceptors (Lipinski definition) is 4. The van der Waals surface area contributed by atoms with Crippen LogP contribution in [0.5, 0.6) is 0 Å². The van der Waals surface area contributed by atoms with E-state index >= 15 is 0 Å². The molecule has 0 saturated heterocycles. The molecule has 1 rings (SSSR count). The van der Waals surface area contributed by atoms with Gasteiger partial charge in [-0.25, -0.2) is 8.42 Å².